The van der Waals surface area contributed by atoms with Crippen LogP contribution in [0, 0.1) is 12.8 Å². The molecule has 2 nitrogen and oxygen atoms in total. The van der Waals surface area contributed by atoms with Gasteiger partial charge in [0, 0.05) is 37.7 Å². The zero-order valence-corrected chi connectivity index (χ0v) is 18.6. The molecule has 4 heteroatoms. The quantitative estimate of drug-likeness (QED) is 0.482. The van der Waals surface area contributed by atoms with Gasteiger partial charge in [0.25, 0.3) is 0 Å². The van der Waals surface area contributed by atoms with Crippen LogP contribution in [0.3, 0.4) is 0 Å². The van der Waals surface area contributed by atoms with Crippen LogP contribution in [0.25, 0.3) is 0 Å². The van der Waals surface area contributed by atoms with Crippen LogP contribution in [0.2, 0.25) is 0 Å². The number of aryl methyl sites for hydroxylation is 1. The summed E-state index contributed by atoms with van der Waals surface area (Å²) < 4.78 is 7.25. The zero-order chi connectivity index (χ0) is 19.4. The van der Waals surface area contributed by atoms with Gasteiger partial charge in [-0.05, 0) is 56.0 Å². The van der Waals surface area contributed by atoms with E-state index in [1.54, 1.807) is 11.3 Å². The van der Waals surface area contributed by atoms with E-state index in [9.17, 15) is 5.11 Å². The summed E-state index contributed by atoms with van der Waals surface area (Å²) in [7, 11) is 0. The van der Waals surface area contributed by atoms with Crippen LogP contribution in [0.4, 0.5) is 0 Å². The smallest absolute Gasteiger partial charge is 0.122 e. The van der Waals surface area contributed by atoms with Crippen molar-refractivity contribution in [1.29, 1.82) is 0 Å². The normalized spacial score (nSPS) is 16.7. The number of allylic oxidation sites excluding steroid dienone is 2. The summed E-state index contributed by atoms with van der Waals surface area (Å²) in [6, 6.07) is 12.8. The predicted octanol–water partition coefficient (Wildman–Crippen LogP) is 7.31. The number of rotatable bonds is 7. The summed E-state index contributed by atoms with van der Waals surface area (Å²) >= 11 is 5.29. The molecule has 1 aliphatic heterocycles. The summed E-state index contributed by atoms with van der Waals surface area (Å²) in [6.07, 6.45) is 4.71. The zero-order valence-electron chi connectivity index (χ0n) is 16.2. The van der Waals surface area contributed by atoms with E-state index in [1.165, 1.54) is 15.3 Å². The van der Waals surface area contributed by atoms with E-state index >= 15 is 0 Å². The van der Waals surface area contributed by atoms with Crippen LogP contribution in [0.1, 0.15) is 47.9 Å². The van der Waals surface area contributed by atoms with Crippen molar-refractivity contribution in [3.05, 3.63) is 79.4 Å². The molecule has 0 spiro atoms. The second kappa shape index (κ2) is 9.11. The maximum atomic E-state index is 10.8. The van der Waals surface area contributed by atoms with Gasteiger partial charge in [-0.1, -0.05) is 41.9 Å². The first kappa shape index (κ1) is 20.2. The Hall–Kier alpha value is -1.52. The minimum Gasteiger partial charge on any atom is -0.508 e. The minimum atomic E-state index is 0.230. The van der Waals surface area contributed by atoms with Crippen LogP contribution < -0.4 is 0 Å². The van der Waals surface area contributed by atoms with Gasteiger partial charge in [0.05, 0.1) is 0 Å². The van der Waals surface area contributed by atoms with E-state index in [-0.39, 0.29) is 11.8 Å². The first-order chi connectivity index (χ1) is 13.0. The highest BCUT2D eigenvalue weighted by molar-refractivity contribution is 9.10. The highest BCUT2D eigenvalue weighted by atomic mass is 79.9. The Labute approximate surface area is 174 Å². The Balaban J connectivity index is 1.81. The van der Waals surface area contributed by atoms with Gasteiger partial charge in [-0.25, -0.2) is 0 Å². The third kappa shape index (κ3) is 4.85. The Kier molecular flexibility index (Phi) is 6.83. The molecule has 1 aliphatic rings. The summed E-state index contributed by atoms with van der Waals surface area (Å²) in [5.74, 6) is 1.80. The molecule has 3 rings (SSSR count). The van der Waals surface area contributed by atoms with Gasteiger partial charge in [0.1, 0.15) is 18.1 Å². The monoisotopic (exact) mass is 446 g/mol. The fourth-order valence-corrected chi connectivity index (χ4v) is 4.99. The SMILES string of the molecule is CCC(Cc1ccc(Br)cc1)C1=CC(O)=C(C(CC)c2ccc(C)s2)CO1. The maximum absolute atomic E-state index is 10.8. The number of aliphatic hydroxyl groups excluding tert-OH is 1. The molecule has 0 radical (unpaired) electrons. The molecular formula is C23H27BrO2S. The number of ether oxygens (including phenoxy) is 1. The van der Waals surface area contributed by atoms with Gasteiger partial charge < -0.3 is 9.84 Å². The molecule has 2 atom stereocenters. The molecule has 144 valence electrons. The second-order valence-corrected chi connectivity index (χ2v) is 9.33. The molecule has 0 amide bonds. The fourth-order valence-electron chi connectivity index (χ4n) is 3.63. The molecule has 2 unspecified atom stereocenters. The molecular weight excluding hydrogens is 420 g/mol. The van der Waals surface area contributed by atoms with Crippen molar-refractivity contribution >= 4 is 27.3 Å². The van der Waals surface area contributed by atoms with Gasteiger partial charge in [-0.3, -0.25) is 0 Å². The highest BCUT2D eigenvalue weighted by Gasteiger charge is 2.26. The lowest BCUT2D eigenvalue weighted by Gasteiger charge is -2.27. The standard InChI is InChI=1S/C23H27BrO2S/c1-4-17(12-16-7-9-18(24)10-8-16)22-13-21(25)20(14-26-22)19(5-2)23-11-6-15(3)27-23/h6-11,13,17,19,25H,4-5,12,14H2,1-3H3. The number of hydrogen-bond acceptors (Lipinski definition) is 3. The first-order valence-electron chi connectivity index (χ1n) is 9.59. The molecule has 0 saturated carbocycles. The number of thiophene rings is 1. The number of aliphatic hydroxyl groups is 1. The second-order valence-electron chi connectivity index (χ2n) is 7.09. The Morgan fingerprint density at radius 2 is 1.85 bits per heavy atom. The Bertz CT molecular complexity index is 832. The average Bonchev–Trinajstić information content (AvgIpc) is 3.09. The fraction of sp³-hybridized carbons (Fsp3) is 0.391. The van der Waals surface area contributed by atoms with E-state index in [1.807, 2.05) is 6.08 Å². The van der Waals surface area contributed by atoms with Gasteiger partial charge in [-0.15, -0.1) is 11.3 Å². The first-order valence-corrected chi connectivity index (χ1v) is 11.2. The lowest BCUT2D eigenvalue weighted by atomic mass is 9.90. The summed E-state index contributed by atoms with van der Waals surface area (Å²) in [6.45, 7) is 6.94. The molecule has 2 heterocycles. The van der Waals surface area contributed by atoms with Gasteiger partial charge in [-0.2, -0.15) is 0 Å². The van der Waals surface area contributed by atoms with E-state index in [0.717, 1.165) is 35.1 Å². The van der Waals surface area contributed by atoms with Crippen LogP contribution in [-0.2, 0) is 11.2 Å². The van der Waals surface area contributed by atoms with Crippen LogP contribution in [0.5, 0.6) is 0 Å². The largest absolute Gasteiger partial charge is 0.508 e. The lowest BCUT2D eigenvalue weighted by Crippen LogP contribution is -2.18. The lowest BCUT2D eigenvalue weighted by molar-refractivity contribution is 0.176. The predicted molar refractivity (Wildman–Crippen MR) is 117 cm³/mol. The van der Waals surface area contributed by atoms with Crippen LogP contribution >= 0.6 is 27.3 Å². The maximum Gasteiger partial charge on any atom is 0.122 e. The molecule has 1 N–H and O–H groups in total. The number of halogens is 1. The molecule has 27 heavy (non-hydrogen) atoms. The highest BCUT2D eigenvalue weighted by Crippen LogP contribution is 2.37. The van der Waals surface area contributed by atoms with Crippen molar-refractivity contribution in [2.45, 2.75) is 46.0 Å². The summed E-state index contributed by atoms with van der Waals surface area (Å²) in [5.41, 5.74) is 2.28. The Morgan fingerprint density at radius 3 is 2.41 bits per heavy atom. The topological polar surface area (TPSA) is 29.5 Å². The molecule has 1 aromatic carbocycles. The van der Waals surface area contributed by atoms with Crippen molar-refractivity contribution < 1.29 is 9.84 Å². The van der Waals surface area contributed by atoms with E-state index in [2.05, 4.69) is 73.1 Å². The molecule has 1 aromatic heterocycles. The molecule has 0 saturated heterocycles. The number of hydrogen-bond donors (Lipinski definition) is 1. The van der Waals surface area contributed by atoms with E-state index in [4.69, 9.17) is 4.74 Å². The van der Waals surface area contributed by atoms with Crippen LogP contribution in [-0.4, -0.2) is 11.7 Å². The molecule has 0 aliphatic carbocycles. The Morgan fingerprint density at radius 1 is 1.11 bits per heavy atom. The molecule has 0 fully saturated rings. The summed E-state index contributed by atoms with van der Waals surface area (Å²) in [4.78, 5) is 2.61. The summed E-state index contributed by atoms with van der Waals surface area (Å²) in [5, 5.41) is 10.8. The molecule has 0 bridgehead atoms. The van der Waals surface area contributed by atoms with Crippen molar-refractivity contribution in [2.75, 3.05) is 6.61 Å². The van der Waals surface area contributed by atoms with E-state index in [0.29, 0.717) is 12.4 Å². The minimum absolute atomic E-state index is 0.230. The number of benzene rings is 1. The van der Waals surface area contributed by atoms with E-state index < -0.39 is 0 Å². The third-order valence-electron chi connectivity index (χ3n) is 5.23. The van der Waals surface area contributed by atoms with Gasteiger partial charge in [0.2, 0.25) is 0 Å². The van der Waals surface area contributed by atoms with Gasteiger partial charge in [0.15, 0.2) is 0 Å². The molecule has 2 aromatic rings. The van der Waals surface area contributed by atoms with Crippen molar-refractivity contribution in [3.63, 3.8) is 0 Å². The van der Waals surface area contributed by atoms with Gasteiger partial charge >= 0.3 is 0 Å². The van der Waals surface area contributed by atoms with Crippen molar-refractivity contribution in [1.82, 2.24) is 0 Å². The average molecular weight is 447 g/mol. The van der Waals surface area contributed by atoms with Crippen LogP contribution in [0.15, 0.2) is 64.0 Å². The third-order valence-corrected chi connectivity index (χ3v) is 6.87. The van der Waals surface area contributed by atoms with Crippen molar-refractivity contribution in [2.24, 2.45) is 5.92 Å². The van der Waals surface area contributed by atoms with Crippen molar-refractivity contribution in [3.8, 4) is 0 Å².